The van der Waals surface area contributed by atoms with E-state index in [1.54, 1.807) is 41.3 Å². The van der Waals surface area contributed by atoms with Crippen LogP contribution < -0.4 is 0 Å². The van der Waals surface area contributed by atoms with Gasteiger partial charge in [0.1, 0.15) is 11.5 Å². The first kappa shape index (κ1) is 22.6. The number of carboxylic acids is 1. The fourth-order valence-electron chi connectivity index (χ4n) is 3.01. The summed E-state index contributed by atoms with van der Waals surface area (Å²) >= 11 is 0. The Morgan fingerprint density at radius 2 is 1.31 bits per heavy atom. The predicted molar refractivity (Wildman–Crippen MR) is 106 cm³/mol. The van der Waals surface area contributed by atoms with Crippen molar-refractivity contribution in [1.29, 1.82) is 0 Å². The molecule has 2 radical (unpaired) electrons. The van der Waals surface area contributed by atoms with Crippen LogP contribution in [-0.4, -0.2) is 60.9 Å². The molecule has 29 heavy (non-hydrogen) atoms. The lowest BCUT2D eigenvalue weighted by molar-refractivity contribution is -0.138. The van der Waals surface area contributed by atoms with Crippen molar-refractivity contribution < 1.29 is 30.3 Å². The van der Waals surface area contributed by atoms with E-state index >= 15 is 0 Å². The van der Waals surface area contributed by atoms with Crippen LogP contribution in [0.3, 0.4) is 0 Å². The van der Waals surface area contributed by atoms with E-state index < -0.39 is 5.97 Å². The summed E-state index contributed by atoms with van der Waals surface area (Å²) in [7, 11) is 6.02. The zero-order valence-corrected chi connectivity index (χ0v) is 16.0. The second-order valence-electron chi connectivity index (χ2n) is 6.74. The van der Waals surface area contributed by atoms with Crippen molar-refractivity contribution in [2.75, 3.05) is 19.6 Å². The van der Waals surface area contributed by atoms with E-state index in [1.165, 1.54) is 4.90 Å². The van der Waals surface area contributed by atoms with Gasteiger partial charge in [-0.2, -0.15) is 0 Å². The Kier molecular flexibility index (Phi) is 8.41. The van der Waals surface area contributed by atoms with E-state index in [1.807, 2.05) is 0 Å². The standard InChI is InChI=1S/C21H26N2O6/c1-22(10-15-4-2-6-17(13-24)20(15)28)8-9-23(12-19(26)27)11-16-5-3-7-18(14-25)21(16)29/h1-7,24-25,28-29H,8-14H2,(H,26,27). The van der Waals surface area contributed by atoms with Crippen LogP contribution in [0.5, 0.6) is 11.5 Å². The van der Waals surface area contributed by atoms with E-state index in [0.717, 1.165) is 0 Å². The van der Waals surface area contributed by atoms with Crippen LogP contribution in [0.2, 0.25) is 0 Å². The molecule has 8 nitrogen and oxygen atoms in total. The van der Waals surface area contributed by atoms with E-state index in [2.05, 4.69) is 0 Å². The van der Waals surface area contributed by atoms with Crippen LogP contribution in [0.25, 0.3) is 0 Å². The molecule has 0 amide bonds. The second kappa shape index (κ2) is 10.8. The van der Waals surface area contributed by atoms with Crippen molar-refractivity contribution in [3.05, 3.63) is 65.7 Å². The number of nitrogens with zero attached hydrogens (tertiary/aromatic N) is 2. The van der Waals surface area contributed by atoms with Crippen molar-refractivity contribution >= 4 is 5.97 Å². The normalized spacial score (nSPS) is 11.3. The number of aliphatic carboxylic acids is 1. The Balaban J connectivity index is 2.02. The Labute approximate surface area is 169 Å². The van der Waals surface area contributed by atoms with Gasteiger partial charge >= 0.3 is 5.97 Å². The maximum Gasteiger partial charge on any atom is 0.317 e. The highest BCUT2D eigenvalue weighted by Crippen LogP contribution is 2.25. The zero-order valence-electron chi connectivity index (χ0n) is 16.0. The molecular formula is C21H26N2O6. The van der Waals surface area contributed by atoms with E-state index in [-0.39, 0.29) is 44.3 Å². The van der Waals surface area contributed by atoms with Gasteiger partial charge < -0.3 is 25.5 Å². The number of aliphatic hydroxyl groups is 2. The number of rotatable bonds is 11. The molecular weight excluding hydrogens is 376 g/mol. The first-order chi connectivity index (χ1) is 13.8. The molecule has 0 aliphatic rings. The summed E-state index contributed by atoms with van der Waals surface area (Å²) in [5.74, 6) is -1.08. The minimum Gasteiger partial charge on any atom is -0.507 e. The molecule has 2 aromatic carbocycles. The van der Waals surface area contributed by atoms with E-state index in [0.29, 0.717) is 35.3 Å². The van der Waals surface area contributed by atoms with Crippen LogP contribution in [0.1, 0.15) is 22.3 Å². The van der Waals surface area contributed by atoms with Gasteiger partial charge in [-0.1, -0.05) is 36.4 Å². The smallest absolute Gasteiger partial charge is 0.317 e. The topological polar surface area (TPSA) is 125 Å². The summed E-state index contributed by atoms with van der Waals surface area (Å²) in [4.78, 5) is 14.3. The van der Waals surface area contributed by atoms with E-state index in [4.69, 9.17) is 7.05 Å². The molecule has 0 spiro atoms. The summed E-state index contributed by atoms with van der Waals surface area (Å²) in [5.41, 5.74) is 1.84. The number of benzene rings is 2. The molecule has 0 saturated carbocycles. The fourth-order valence-corrected chi connectivity index (χ4v) is 3.01. The molecule has 5 N–H and O–H groups in total. The number of aromatic hydroxyl groups is 2. The third-order valence-corrected chi connectivity index (χ3v) is 4.58. The third-order valence-electron chi connectivity index (χ3n) is 4.58. The minimum atomic E-state index is -1.01. The highest BCUT2D eigenvalue weighted by molar-refractivity contribution is 5.69. The quantitative estimate of drug-likeness (QED) is 0.355. The van der Waals surface area contributed by atoms with Gasteiger partial charge in [-0.05, 0) is 0 Å². The summed E-state index contributed by atoms with van der Waals surface area (Å²) in [6.45, 7) is 0.139. The summed E-state index contributed by atoms with van der Waals surface area (Å²) < 4.78 is 0. The van der Waals surface area contributed by atoms with E-state index in [9.17, 15) is 30.3 Å². The Morgan fingerprint density at radius 1 is 0.828 bits per heavy atom. The van der Waals surface area contributed by atoms with Crippen LogP contribution in [0, 0.1) is 7.05 Å². The molecule has 0 bridgehead atoms. The lowest BCUT2D eigenvalue weighted by Gasteiger charge is -2.25. The zero-order chi connectivity index (χ0) is 21.4. The maximum absolute atomic E-state index is 11.2. The molecule has 0 aliphatic heterocycles. The second-order valence-corrected chi connectivity index (χ2v) is 6.74. The average Bonchev–Trinajstić information content (AvgIpc) is 2.69. The number of carboxylic acid groups (broad SMARTS) is 1. The Bertz CT molecular complexity index is 827. The third kappa shape index (κ3) is 6.43. The van der Waals surface area contributed by atoms with Crippen LogP contribution in [0.4, 0.5) is 0 Å². The molecule has 0 aliphatic carbocycles. The lowest BCUT2D eigenvalue weighted by Crippen LogP contribution is -2.35. The number of phenols is 2. The summed E-state index contributed by atoms with van der Waals surface area (Å²) in [6, 6.07) is 9.97. The van der Waals surface area contributed by atoms with Crippen molar-refractivity contribution in [1.82, 2.24) is 9.80 Å². The first-order valence-corrected chi connectivity index (χ1v) is 9.10. The molecule has 0 aromatic heterocycles. The van der Waals surface area contributed by atoms with Crippen LogP contribution in [0.15, 0.2) is 36.4 Å². The Hall–Kier alpha value is -2.65. The van der Waals surface area contributed by atoms with Crippen molar-refractivity contribution in [3.8, 4) is 11.5 Å². The molecule has 0 unspecified atom stereocenters. The molecule has 0 atom stereocenters. The maximum atomic E-state index is 11.2. The minimum absolute atomic E-state index is 0.0152. The van der Waals surface area contributed by atoms with Gasteiger partial charge in [0.05, 0.1) is 19.8 Å². The summed E-state index contributed by atoms with van der Waals surface area (Å²) in [6.07, 6.45) is 0. The molecule has 0 saturated heterocycles. The number of hydrogen-bond donors (Lipinski definition) is 5. The number of aliphatic hydroxyl groups excluding tert-OH is 2. The van der Waals surface area contributed by atoms with Gasteiger partial charge in [-0.25, -0.2) is 0 Å². The van der Waals surface area contributed by atoms with Gasteiger partial charge in [-0.15, -0.1) is 0 Å². The lowest BCUT2D eigenvalue weighted by atomic mass is 10.1. The molecule has 0 heterocycles. The van der Waals surface area contributed by atoms with Gasteiger partial charge in [0.2, 0.25) is 0 Å². The largest absolute Gasteiger partial charge is 0.507 e. The first-order valence-electron chi connectivity index (χ1n) is 9.10. The van der Waals surface area contributed by atoms with Gasteiger partial charge in [0.15, 0.2) is 0 Å². The fraction of sp³-hybridized carbons (Fsp3) is 0.333. The molecule has 156 valence electrons. The Morgan fingerprint density at radius 3 is 1.79 bits per heavy atom. The monoisotopic (exact) mass is 402 g/mol. The molecule has 2 aromatic rings. The number of carbonyl (C=O) groups is 1. The molecule has 0 fully saturated rings. The number of hydrogen-bond acceptors (Lipinski definition) is 7. The van der Waals surface area contributed by atoms with Crippen molar-refractivity contribution in [2.45, 2.75) is 26.3 Å². The van der Waals surface area contributed by atoms with Crippen molar-refractivity contribution in [3.63, 3.8) is 0 Å². The van der Waals surface area contributed by atoms with Gasteiger partial charge in [-0.3, -0.25) is 14.6 Å². The SMILES string of the molecule is [CH]N(CCN(CC(=O)O)Cc1cccc(CO)c1O)Cc1cccc(CO)c1O. The highest BCUT2D eigenvalue weighted by atomic mass is 16.4. The summed E-state index contributed by atoms with van der Waals surface area (Å²) in [5, 5.41) is 48.0. The van der Waals surface area contributed by atoms with Crippen LogP contribution in [-0.2, 0) is 31.1 Å². The van der Waals surface area contributed by atoms with Crippen LogP contribution >= 0.6 is 0 Å². The van der Waals surface area contributed by atoms with Gasteiger partial charge in [0, 0.05) is 55.5 Å². The average molecular weight is 402 g/mol. The molecule has 2 rings (SSSR count). The highest BCUT2D eigenvalue weighted by Gasteiger charge is 2.16. The molecule has 8 heteroatoms. The van der Waals surface area contributed by atoms with Crippen molar-refractivity contribution in [2.24, 2.45) is 0 Å². The number of para-hydroxylation sites is 2. The predicted octanol–water partition coefficient (Wildman–Crippen LogP) is 1.14. The van der Waals surface area contributed by atoms with Gasteiger partial charge in [0.25, 0.3) is 0 Å².